The molecule has 1 saturated heterocycles. The first kappa shape index (κ1) is 18.3. The van der Waals surface area contributed by atoms with Gasteiger partial charge in [-0.3, -0.25) is 9.59 Å². The Labute approximate surface area is 171 Å². The van der Waals surface area contributed by atoms with Crippen molar-refractivity contribution < 1.29 is 13.9 Å². The van der Waals surface area contributed by atoms with Gasteiger partial charge in [0, 0.05) is 32.0 Å². The third-order valence-corrected chi connectivity index (χ3v) is 5.29. The number of para-hydroxylation sites is 3. The van der Waals surface area contributed by atoms with E-state index in [1.54, 1.807) is 35.4 Å². The van der Waals surface area contributed by atoms with Crippen LogP contribution in [0.15, 0.2) is 70.0 Å². The number of hydrogen-bond donors (Lipinski definition) is 0. The maximum atomic E-state index is 12.8. The third kappa shape index (κ3) is 3.50. The Morgan fingerprint density at radius 2 is 1.77 bits per heavy atom. The van der Waals surface area contributed by atoms with Gasteiger partial charge in [0.05, 0.1) is 22.6 Å². The number of carbonyl (C=O) groups excluding carboxylic acids is 1. The molecule has 0 atom stereocenters. The molecule has 1 aliphatic rings. The molecule has 0 N–H and O–H groups in total. The van der Waals surface area contributed by atoms with Crippen LogP contribution in [-0.4, -0.2) is 40.0 Å². The van der Waals surface area contributed by atoms with Crippen LogP contribution in [0.2, 0.25) is 0 Å². The molecule has 30 heavy (non-hydrogen) atoms. The highest BCUT2D eigenvalue weighted by molar-refractivity contribution is 5.93. The van der Waals surface area contributed by atoms with E-state index in [-0.39, 0.29) is 23.2 Å². The van der Waals surface area contributed by atoms with E-state index in [1.165, 1.54) is 6.07 Å². The molecule has 0 bridgehead atoms. The van der Waals surface area contributed by atoms with Gasteiger partial charge in [0.1, 0.15) is 11.7 Å². The lowest BCUT2D eigenvalue weighted by molar-refractivity contribution is 0.0560. The van der Waals surface area contributed by atoms with Crippen LogP contribution >= 0.6 is 0 Å². The first-order chi connectivity index (χ1) is 14.7. The van der Waals surface area contributed by atoms with E-state index in [0.29, 0.717) is 42.8 Å². The van der Waals surface area contributed by atoms with Crippen molar-refractivity contribution in [1.29, 1.82) is 0 Å². The molecule has 0 spiro atoms. The van der Waals surface area contributed by atoms with Gasteiger partial charge in [0.2, 0.25) is 5.88 Å². The van der Waals surface area contributed by atoms with Gasteiger partial charge in [0.25, 0.3) is 5.91 Å². The Bertz CT molecular complexity index is 1290. The quantitative estimate of drug-likeness (QED) is 0.523. The normalized spacial score (nSPS) is 14.9. The van der Waals surface area contributed by atoms with Gasteiger partial charge in [-0.1, -0.05) is 24.3 Å². The molecule has 2 aromatic heterocycles. The molecule has 3 heterocycles. The zero-order valence-electron chi connectivity index (χ0n) is 16.2. The molecule has 150 valence electrons. The summed E-state index contributed by atoms with van der Waals surface area (Å²) in [5, 5.41) is 0.470. The number of carbonyl (C=O) groups is 1. The van der Waals surface area contributed by atoms with Gasteiger partial charge in [-0.2, -0.15) is 0 Å². The summed E-state index contributed by atoms with van der Waals surface area (Å²) in [5.41, 5.74) is 1.81. The van der Waals surface area contributed by atoms with Crippen molar-refractivity contribution in [1.82, 2.24) is 14.9 Å². The number of aromatic nitrogens is 2. The van der Waals surface area contributed by atoms with E-state index in [1.807, 2.05) is 24.3 Å². The number of amides is 1. The molecule has 0 aliphatic carbocycles. The molecule has 4 aromatic rings. The van der Waals surface area contributed by atoms with Crippen molar-refractivity contribution in [3.8, 4) is 5.88 Å². The summed E-state index contributed by atoms with van der Waals surface area (Å²) in [5.74, 6) is 0.277. The molecule has 7 heteroatoms. The zero-order valence-corrected chi connectivity index (χ0v) is 16.2. The fourth-order valence-electron chi connectivity index (χ4n) is 3.71. The minimum absolute atomic E-state index is 0.0480. The second-order valence-electron chi connectivity index (χ2n) is 7.28. The smallest absolute Gasteiger partial charge is 0.289 e. The highest BCUT2D eigenvalue weighted by Gasteiger charge is 2.27. The molecule has 1 aliphatic heterocycles. The largest absolute Gasteiger partial charge is 0.473 e. The molecule has 0 unspecified atom stereocenters. The average molecular weight is 401 g/mol. The summed E-state index contributed by atoms with van der Waals surface area (Å²) in [7, 11) is 0. The van der Waals surface area contributed by atoms with Gasteiger partial charge in [0.15, 0.2) is 11.2 Å². The van der Waals surface area contributed by atoms with Gasteiger partial charge >= 0.3 is 0 Å². The summed E-state index contributed by atoms with van der Waals surface area (Å²) in [4.78, 5) is 35.7. The summed E-state index contributed by atoms with van der Waals surface area (Å²) >= 11 is 0. The molecular weight excluding hydrogens is 382 g/mol. The lowest BCUT2D eigenvalue weighted by atomic mass is 10.1. The van der Waals surface area contributed by atoms with Gasteiger partial charge in [-0.05, 0) is 24.3 Å². The van der Waals surface area contributed by atoms with Crippen LogP contribution in [0.3, 0.4) is 0 Å². The van der Waals surface area contributed by atoms with Gasteiger partial charge in [-0.15, -0.1) is 0 Å². The fraction of sp³-hybridized carbons (Fsp3) is 0.217. The minimum atomic E-state index is -0.276. The van der Waals surface area contributed by atoms with Crippen LogP contribution in [0, 0.1) is 0 Å². The van der Waals surface area contributed by atoms with Gasteiger partial charge < -0.3 is 14.1 Å². The molecule has 2 aromatic carbocycles. The molecular formula is C23H19N3O4. The zero-order chi connectivity index (χ0) is 20.5. The second-order valence-corrected chi connectivity index (χ2v) is 7.28. The van der Waals surface area contributed by atoms with E-state index >= 15 is 0 Å². The van der Waals surface area contributed by atoms with Crippen molar-refractivity contribution in [3.63, 3.8) is 0 Å². The van der Waals surface area contributed by atoms with Crippen molar-refractivity contribution >= 4 is 27.9 Å². The molecule has 0 radical (unpaired) electrons. The number of fused-ring (bicyclic) bond motifs is 2. The average Bonchev–Trinajstić information content (AvgIpc) is 2.79. The maximum Gasteiger partial charge on any atom is 0.289 e. The van der Waals surface area contributed by atoms with Crippen LogP contribution < -0.4 is 10.2 Å². The Balaban J connectivity index is 1.26. The lowest BCUT2D eigenvalue weighted by Gasteiger charge is -2.31. The SMILES string of the molecule is O=C(c1cc(=O)c2ccccc2o1)N1CCC(Oc2cnc3ccccc3n2)CC1. The van der Waals surface area contributed by atoms with E-state index in [9.17, 15) is 9.59 Å². The van der Waals surface area contributed by atoms with Crippen LogP contribution in [-0.2, 0) is 0 Å². The minimum Gasteiger partial charge on any atom is -0.473 e. The first-order valence-electron chi connectivity index (χ1n) is 9.88. The van der Waals surface area contributed by atoms with E-state index in [2.05, 4.69) is 9.97 Å². The Kier molecular flexibility index (Phi) is 4.63. The lowest BCUT2D eigenvalue weighted by Crippen LogP contribution is -2.42. The standard InChI is InChI=1S/C23H19N3O4/c27-19-13-21(30-20-8-4-1-5-16(19)20)23(28)26-11-9-15(10-12-26)29-22-14-24-17-6-2-3-7-18(17)25-22/h1-8,13-15H,9-12H2. The van der Waals surface area contributed by atoms with E-state index < -0.39 is 0 Å². The molecule has 7 nitrogen and oxygen atoms in total. The summed E-state index contributed by atoms with van der Waals surface area (Å²) in [6, 6.07) is 15.8. The number of piperidine rings is 1. The number of ether oxygens (including phenoxy) is 1. The first-order valence-corrected chi connectivity index (χ1v) is 9.88. The van der Waals surface area contributed by atoms with Crippen LogP contribution in [0.4, 0.5) is 0 Å². The van der Waals surface area contributed by atoms with E-state index in [4.69, 9.17) is 9.15 Å². The molecule has 0 saturated carbocycles. The van der Waals surface area contributed by atoms with Crippen LogP contribution in [0.25, 0.3) is 22.0 Å². The topological polar surface area (TPSA) is 85.5 Å². The summed E-state index contributed by atoms with van der Waals surface area (Å²) < 4.78 is 11.7. The summed E-state index contributed by atoms with van der Waals surface area (Å²) in [6.45, 7) is 1.03. The molecule has 5 rings (SSSR count). The number of benzene rings is 2. The third-order valence-electron chi connectivity index (χ3n) is 5.29. The number of nitrogens with zero attached hydrogens (tertiary/aromatic N) is 3. The molecule has 1 fully saturated rings. The van der Waals surface area contributed by atoms with Crippen molar-refractivity contribution in [2.45, 2.75) is 18.9 Å². The predicted molar refractivity (Wildman–Crippen MR) is 112 cm³/mol. The second kappa shape index (κ2) is 7.59. The van der Waals surface area contributed by atoms with Crippen molar-refractivity contribution in [3.05, 3.63) is 76.8 Å². The van der Waals surface area contributed by atoms with Gasteiger partial charge in [-0.25, -0.2) is 9.97 Å². The molecule has 1 amide bonds. The highest BCUT2D eigenvalue weighted by atomic mass is 16.5. The van der Waals surface area contributed by atoms with Crippen LogP contribution in [0.5, 0.6) is 5.88 Å². The van der Waals surface area contributed by atoms with E-state index in [0.717, 1.165) is 11.0 Å². The predicted octanol–water partition coefficient (Wildman–Crippen LogP) is 3.42. The van der Waals surface area contributed by atoms with Crippen molar-refractivity contribution in [2.75, 3.05) is 13.1 Å². The monoisotopic (exact) mass is 401 g/mol. The maximum absolute atomic E-state index is 12.8. The Hall–Kier alpha value is -3.74. The highest BCUT2D eigenvalue weighted by Crippen LogP contribution is 2.21. The fourth-order valence-corrected chi connectivity index (χ4v) is 3.71. The summed E-state index contributed by atoms with van der Waals surface area (Å²) in [6.07, 6.45) is 2.91. The number of hydrogen-bond acceptors (Lipinski definition) is 6. The van der Waals surface area contributed by atoms with Crippen molar-refractivity contribution in [2.24, 2.45) is 0 Å². The Morgan fingerprint density at radius 1 is 1.03 bits per heavy atom. The van der Waals surface area contributed by atoms with Crippen LogP contribution in [0.1, 0.15) is 23.4 Å². The Morgan fingerprint density at radius 3 is 2.60 bits per heavy atom. The number of rotatable bonds is 3. The number of likely N-dealkylation sites (tertiary alicyclic amines) is 1.